The van der Waals surface area contributed by atoms with Gasteiger partial charge in [-0.2, -0.15) is 0 Å². The summed E-state index contributed by atoms with van der Waals surface area (Å²) < 4.78 is 33.6. The van der Waals surface area contributed by atoms with Crippen LogP contribution in [0.5, 0.6) is 0 Å². The molecule has 2 rings (SSSR count). The Bertz CT molecular complexity index is 547. The molecule has 7 heteroatoms. The highest BCUT2D eigenvalue weighted by molar-refractivity contribution is 7.89. The van der Waals surface area contributed by atoms with Gasteiger partial charge in [0, 0.05) is 52.3 Å². The van der Waals surface area contributed by atoms with Crippen molar-refractivity contribution in [2.24, 2.45) is 18.7 Å². The number of hydrogen-bond donors (Lipinski definition) is 1. The lowest BCUT2D eigenvalue weighted by atomic mass is 10.0. The summed E-state index contributed by atoms with van der Waals surface area (Å²) in [5.74, 6) is 0.376. The van der Waals surface area contributed by atoms with Gasteiger partial charge in [-0.3, -0.25) is 0 Å². The van der Waals surface area contributed by atoms with Gasteiger partial charge < -0.3 is 15.0 Å². The first kappa shape index (κ1) is 15.5. The van der Waals surface area contributed by atoms with Crippen molar-refractivity contribution in [2.75, 3.05) is 26.8 Å². The second-order valence-corrected chi connectivity index (χ2v) is 7.37. The Morgan fingerprint density at radius 3 is 2.65 bits per heavy atom. The molecule has 0 saturated carbocycles. The molecule has 2 heterocycles. The molecule has 0 unspecified atom stereocenters. The van der Waals surface area contributed by atoms with Crippen LogP contribution in [0.2, 0.25) is 0 Å². The zero-order chi connectivity index (χ0) is 14.8. The first-order valence-corrected chi connectivity index (χ1v) is 8.28. The number of nitrogens with zero attached hydrogens (tertiary/aromatic N) is 2. The third-order valence-electron chi connectivity index (χ3n) is 3.86. The molecular formula is C13H23N3O3S. The number of rotatable bonds is 5. The van der Waals surface area contributed by atoms with Crippen LogP contribution in [0.15, 0.2) is 17.2 Å². The number of hydrogen-bond acceptors (Lipinski definition) is 4. The summed E-state index contributed by atoms with van der Waals surface area (Å²) in [6.07, 6.45) is 3.46. The largest absolute Gasteiger partial charge is 0.381 e. The molecule has 0 aromatic carbocycles. The minimum absolute atomic E-state index is 0.315. The van der Waals surface area contributed by atoms with Crippen LogP contribution in [0.4, 0.5) is 0 Å². The van der Waals surface area contributed by atoms with E-state index in [1.165, 1.54) is 4.31 Å². The molecule has 1 aliphatic heterocycles. The average Bonchev–Trinajstić information content (AvgIpc) is 2.81. The number of nitrogens with two attached hydrogens (primary N) is 1. The Labute approximate surface area is 120 Å². The molecular weight excluding hydrogens is 278 g/mol. The van der Waals surface area contributed by atoms with Crippen molar-refractivity contribution < 1.29 is 13.2 Å². The second kappa shape index (κ2) is 6.26. The SMILES string of the molecule is CN(CC1CCOCC1)S(=O)(=O)c1cc(CN)n(C)c1. The summed E-state index contributed by atoms with van der Waals surface area (Å²) in [5.41, 5.74) is 6.40. The van der Waals surface area contributed by atoms with Gasteiger partial charge in [0.15, 0.2) is 0 Å². The van der Waals surface area contributed by atoms with Gasteiger partial charge in [-0.1, -0.05) is 0 Å². The molecule has 1 fully saturated rings. The van der Waals surface area contributed by atoms with Gasteiger partial charge in [-0.15, -0.1) is 0 Å². The summed E-state index contributed by atoms with van der Waals surface area (Å²) >= 11 is 0. The normalized spacial score (nSPS) is 17.8. The van der Waals surface area contributed by atoms with E-state index in [1.807, 2.05) is 0 Å². The van der Waals surface area contributed by atoms with E-state index in [1.54, 1.807) is 30.9 Å². The molecule has 114 valence electrons. The van der Waals surface area contributed by atoms with Crippen LogP contribution in [0.3, 0.4) is 0 Å². The van der Waals surface area contributed by atoms with Crippen LogP contribution >= 0.6 is 0 Å². The van der Waals surface area contributed by atoms with E-state index >= 15 is 0 Å². The average molecular weight is 301 g/mol. The fourth-order valence-electron chi connectivity index (χ4n) is 2.49. The number of aromatic nitrogens is 1. The molecule has 0 atom stereocenters. The van der Waals surface area contributed by atoms with Gasteiger partial charge in [0.05, 0.1) is 0 Å². The Hall–Kier alpha value is -0.890. The highest BCUT2D eigenvalue weighted by atomic mass is 32.2. The number of sulfonamides is 1. The highest BCUT2D eigenvalue weighted by Gasteiger charge is 2.26. The standard InChI is InChI=1S/C13H23N3O3S/c1-15-10-13(7-12(15)8-14)20(17,18)16(2)9-11-3-5-19-6-4-11/h7,10-11H,3-6,8-9,14H2,1-2H3. The number of aryl methyl sites for hydroxylation is 1. The lowest BCUT2D eigenvalue weighted by molar-refractivity contribution is 0.0620. The van der Waals surface area contributed by atoms with Gasteiger partial charge in [0.25, 0.3) is 0 Å². The van der Waals surface area contributed by atoms with Gasteiger partial charge in [0.1, 0.15) is 4.90 Å². The summed E-state index contributed by atoms with van der Waals surface area (Å²) in [4.78, 5) is 0.315. The lowest BCUT2D eigenvalue weighted by Gasteiger charge is -2.26. The summed E-state index contributed by atoms with van der Waals surface area (Å²) in [6.45, 7) is 2.32. The zero-order valence-corrected chi connectivity index (χ0v) is 12.9. The van der Waals surface area contributed by atoms with Crippen LogP contribution in [0.1, 0.15) is 18.5 Å². The minimum atomic E-state index is -3.43. The van der Waals surface area contributed by atoms with Gasteiger partial charge in [-0.05, 0) is 24.8 Å². The Balaban J connectivity index is 2.11. The van der Waals surface area contributed by atoms with E-state index in [2.05, 4.69) is 0 Å². The monoisotopic (exact) mass is 301 g/mol. The van der Waals surface area contributed by atoms with E-state index in [9.17, 15) is 8.42 Å². The van der Waals surface area contributed by atoms with E-state index in [4.69, 9.17) is 10.5 Å². The fraction of sp³-hybridized carbons (Fsp3) is 0.692. The first-order valence-electron chi connectivity index (χ1n) is 6.84. The Morgan fingerprint density at radius 2 is 2.10 bits per heavy atom. The van der Waals surface area contributed by atoms with E-state index in [0.717, 1.165) is 31.7 Å². The predicted molar refractivity (Wildman–Crippen MR) is 76.7 cm³/mol. The molecule has 0 radical (unpaired) electrons. The van der Waals surface area contributed by atoms with Crippen molar-refractivity contribution in [3.63, 3.8) is 0 Å². The van der Waals surface area contributed by atoms with Crippen molar-refractivity contribution >= 4 is 10.0 Å². The minimum Gasteiger partial charge on any atom is -0.381 e. The lowest BCUT2D eigenvalue weighted by Crippen LogP contribution is -2.34. The molecule has 0 bridgehead atoms. The van der Waals surface area contributed by atoms with Crippen LogP contribution in [-0.4, -0.2) is 44.1 Å². The van der Waals surface area contributed by atoms with Crippen molar-refractivity contribution in [3.05, 3.63) is 18.0 Å². The summed E-state index contributed by atoms with van der Waals surface area (Å²) in [7, 11) is 0.0101. The Kier molecular flexibility index (Phi) is 4.85. The molecule has 1 aromatic rings. The van der Waals surface area contributed by atoms with Crippen LogP contribution in [-0.2, 0) is 28.4 Å². The highest BCUT2D eigenvalue weighted by Crippen LogP contribution is 2.21. The first-order chi connectivity index (χ1) is 9.45. The third-order valence-corrected chi connectivity index (χ3v) is 5.64. The van der Waals surface area contributed by atoms with Crippen molar-refractivity contribution in [1.29, 1.82) is 0 Å². The van der Waals surface area contributed by atoms with Crippen LogP contribution in [0, 0.1) is 5.92 Å². The van der Waals surface area contributed by atoms with Crippen molar-refractivity contribution in [1.82, 2.24) is 8.87 Å². The maximum absolute atomic E-state index is 12.5. The maximum Gasteiger partial charge on any atom is 0.244 e. The zero-order valence-electron chi connectivity index (χ0n) is 12.1. The molecule has 1 aromatic heterocycles. The fourth-order valence-corrected chi connectivity index (χ4v) is 3.83. The van der Waals surface area contributed by atoms with E-state index in [0.29, 0.717) is 23.9 Å². The maximum atomic E-state index is 12.5. The molecule has 2 N–H and O–H groups in total. The Morgan fingerprint density at radius 1 is 1.45 bits per heavy atom. The van der Waals surface area contributed by atoms with Crippen LogP contribution in [0.25, 0.3) is 0 Å². The van der Waals surface area contributed by atoms with E-state index < -0.39 is 10.0 Å². The summed E-state index contributed by atoms with van der Waals surface area (Å²) in [6, 6.07) is 1.65. The topological polar surface area (TPSA) is 77.6 Å². The molecule has 0 amide bonds. The summed E-state index contributed by atoms with van der Waals surface area (Å²) in [5, 5.41) is 0. The van der Waals surface area contributed by atoms with Crippen molar-refractivity contribution in [3.8, 4) is 0 Å². The molecule has 1 aliphatic rings. The van der Waals surface area contributed by atoms with E-state index in [-0.39, 0.29) is 0 Å². The van der Waals surface area contributed by atoms with Gasteiger partial charge in [-0.25, -0.2) is 12.7 Å². The number of ether oxygens (including phenoxy) is 1. The quantitative estimate of drug-likeness (QED) is 0.860. The van der Waals surface area contributed by atoms with Gasteiger partial charge in [0.2, 0.25) is 10.0 Å². The molecule has 6 nitrogen and oxygen atoms in total. The smallest absolute Gasteiger partial charge is 0.244 e. The van der Waals surface area contributed by atoms with Crippen LogP contribution < -0.4 is 5.73 Å². The molecule has 0 aliphatic carbocycles. The predicted octanol–water partition coefficient (Wildman–Crippen LogP) is 0.531. The molecule has 0 spiro atoms. The molecule has 1 saturated heterocycles. The molecule has 20 heavy (non-hydrogen) atoms. The second-order valence-electron chi connectivity index (χ2n) is 5.32. The van der Waals surface area contributed by atoms with Gasteiger partial charge >= 0.3 is 0 Å². The third kappa shape index (κ3) is 3.22. The van der Waals surface area contributed by atoms with Crippen molar-refractivity contribution in [2.45, 2.75) is 24.3 Å².